The van der Waals surface area contributed by atoms with Crippen LogP contribution in [0.1, 0.15) is 24.3 Å². The third-order valence-corrected chi connectivity index (χ3v) is 4.82. The largest absolute Gasteiger partial charge is 0.369 e. The van der Waals surface area contributed by atoms with Crippen LogP contribution in [0, 0.1) is 0 Å². The first-order chi connectivity index (χ1) is 9.64. The summed E-state index contributed by atoms with van der Waals surface area (Å²) < 4.78 is 0. The molecule has 2 heterocycles. The Bertz CT molecular complexity index is 560. The van der Waals surface area contributed by atoms with Crippen molar-refractivity contribution in [3.8, 4) is 0 Å². The number of thiophene rings is 1. The van der Waals surface area contributed by atoms with Gasteiger partial charge in [-0.15, -0.1) is 11.3 Å². The number of rotatable bonds is 3. The standard InChI is InChI=1S/C17H22N2S/c1-17(2)13-19(10-9-15-7-5-11-20-15)16-8-4-3-6-14(16)12-18-17/h3-8,11,18H,9-10,12-13H2,1-2H3. The maximum absolute atomic E-state index is 3.66. The summed E-state index contributed by atoms with van der Waals surface area (Å²) in [6.45, 7) is 7.67. The number of nitrogens with one attached hydrogen (secondary N) is 1. The molecule has 2 nitrogen and oxygen atoms in total. The molecule has 0 aliphatic carbocycles. The third-order valence-electron chi connectivity index (χ3n) is 3.88. The summed E-state index contributed by atoms with van der Waals surface area (Å²) in [4.78, 5) is 4.01. The van der Waals surface area contributed by atoms with E-state index < -0.39 is 0 Å². The zero-order valence-electron chi connectivity index (χ0n) is 12.2. The Hall–Kier alpha value is -1.32. The Balaban J connectivity index is 1.82. The fraction of sp³-hybridized carbons (Fsp3) is 0.412. The van der Waals surface area contributed by atoms with Gasteiger partial charge in [-0.25, -0.2) is 0 Å². The summed E-state index contributed by atoms with van der Waals surface area (Å²) in [5.74, 6) is 0. The molecular formula is C17H22N2S. The molecule has 0 saturated carbocycles. The van der Waals surface area contributed by atoms with Gasteiger partial charge in [-0.3, -0.25) is 0 Å². The van der Waals surface area contributed by atoms with Crippen molar-refractivity contribution in [2.75, 3.05) is 18.0 Å². The van der Waals surface area contributed by atoms with Crippen molar-refractivity contribution in [1.82, 2.24) is 5.32 Å². The minimum atomic E-state index is 0.147. The van der Waals surface area contributed by atoms with Crippen LogP contribution >= 0.6 is 11.3 Å². The first kappa shape index (κ1) is 13.7. The average Bonchev–Trinajstić information content (AvgIpc) is 2.90. The van der Waals surface area contributed by atoms with Crippen molar-refractivity contribution in [3.05, 3.63) is 52.2 Å². The Morgan fingerprint density at radius 2 is 2.05 bits per heavy atom. The number of nitrogens with zero attached hydrogens (tertiary/aromatic N) is 1. The number of fused-ring (bicyclic) bond motifs is 1. The van der Waals surface area contributed by atoms with E-state index in [4.69, 9.17) is 0 Å². The van der Waals surface area contributed by atoms with E-state index >= 15 is 0 Å². The molecule has 1 aromatic carbocycles. The van der Waals surface area contributed by atoms with Crippen molar-refractivity contribution in [2.45, 2.75) is 32.4 Å². The van der Waals surface area contributed by atoms with E-state index in [0.717, 1.165) is 26.1 Å². The van der Waals surface area contributed by atoms with E-state index in [9.17, 15) is 0 Å². The maximum Gasteiger partial charge on any atom is 0.0412 e. The highest BCUT2D eigenvalue weighted by Gasteiger charge is 2.26. The summed E-state index contributed by atoms with van der Waals surface area (Å²) in [6, 6.07) is 13.2. The first-order valence-electron chi connectivity index (χ1n) is 7.24. The molecule has 106 valence electrons. The number of anilines is 1. The Kier molecular flexibility index (Phi) is 3.81. The highest BCUT2D eigenvalue weighted by Crippen LogP contribution is 2.26. The SMILES string of the molecule is CC1(C)CN(CCc2cccs2)c2ccccc2CN1. The van der Waals surface area contributed by atoms with Gasteiger partial charge < -0.3 is 10.2 Å². The number of benzene rings is 1. The molecular weight excluding hydrogens is 264 g/mol. The Morgan fingerprint density at radius 1 is 1.20 bits per heavy atom. The minimum absolute atomic E-state index is 0.147. The van der Waals surface area contributed by atoms with Crippen LogP contribution in [0.15, 0.2) is 41.8 Å². The zero-order valence-corrected chi connectivity index (χ0v) is 13.0. The van der Waals surface area contributed by atoms with Gasteiger partial charge in [0.1, 0.15) is 0 Å². The zero-order chi connectivity index (χ0) is 14.0. The van der Waals surface area contributed by atoms with Crippen LogP contribution in [0.5, 0.6) is 0 Å². The fourth-order valence-corrected chi connectivity index (χ4v) is 3.52. The summed E-state index contributed by atoms with van der Waals surface area (Å²) in [7, 11) is 0. The van der Waals surface area contributed by atoms with Gasteiger partial charge in [0.05, 0.1) is 0 Å². The monoisotopic (exact) mass is 286 g/mol. The molecule has 0 unspecified atom stereocenters. The molecule has 0 fully saturated rings. The van der Waals surface area contributed by atoms with Gasteiger partial charge in [-0.2, -0.15) is 0 Å². The second kappa shape index (κ2) is 5.58. The minimum Gasteiger partial charge on any atom is -0.369 e. The van der Waals surface area contributed by atoms with E-state index in [1.165, 1.54) is 16.1 Å². The van der Waals surface area contributed by atoms with Crippen LogP contribution in [-0.2, 0) is 13.0 Å². The molecule has 20 heavy (non-hydrogen) atoms. The molecule has 2 aromatic rings. The normalized spacial score (nSPS) is 17.6. The van der Waals surface area contributed by atoms with Crippen LogP contribution < -0.4 is 10.2 Å². The van der Waals surface area contributed by atoms with Crippen molar-refractivity contribution < 1.29 is 0 Å². The topological polar surface area (TPSA) is 15.3 Å². The molecule has 0 atom stereocenters. The summed E-state index contributed by atoms with van der Waals surface area (Å²) in [5, 5.41) is 5.83. The van der Waals surface area contributed by atoms with Crippen molar-refractivity contribution >= 4 is 17.0 Å². The number of hydrogen-bond donors (Lipinski definition) is 1. The molecule has 0 spiro atoms. The lowest BCUT2D eigenvalue weighted by atomic mass is 10.1. The molecule has 3 heteroatoms. The van der Waals surface area contributed by atoms with Crippen molar-refractivity contribution in [1.29, 1.82) is 0 Å². The predicted octanol–water partition coefficient (Wildman–Crippen LogP) is 3.68. The maximum atomic E-state index is 3.66. The molecule has 1 aliphatic heterocycles. The van der Waals surface area contributed by atoms with Crippen LogP contribution in [0.3, 0.4) is 0 Å². The molecule has 0 amide bonds. The quantitative estimate of drug-likeness (QED) is 0.926. The predicted molar refractivity (Wildman–Crippen MR) is 87.6 cm³/mol. The van der Waals surface area contributed by atoms with Crippen LogP contribution in [0.2, 0.25) is 0 Å². The molecule has 1 aliphatic rings. The van der Waals surface area contributed by atoms with Crippen LogP contribution in [-0.4, -0.2) is 18.6 Å². The lowest BCUT2D eigenvalue weighted by Gasteiger charge is -2.32. The second-order valence-electron chi connectivity index (χ2n) is 6.12. The molecule has 1 N–H and O–H groups in total. The van der Waals surface area contributed by atoms with E-state index in [1.807, 2.05) is 11.3 Å². The summed E-state index contributed by atoms with van der Waals surface area (Å²) >= 11 is 1.86. The highest BCUT2D eigenvalue weighted by atomic mass is 32.1. The Labute approximate surface area is 125 Å². The molecule has 0 bridgehead atoms. The van der Waals surface area contributed by atoms with E-state index in [-0.39, 0.29) is 5.54 Å². The average molecular weight is 286 g/mol. The second-order valence-corrected chi connectivity index (χ2v) is 7.15. The fourth-order valence-electron chi connectivity index (χ4n) is 2.82. The van der Waals surface area contributed by atoms with E-state index in [0.29, 0.717) is 0 Å². The lowest BCUT2D eigenvalue weighted by Crippen LogP contribution is -2.47. The molecule has 0 radical (unpaired) electrons. The van der Waals surface area contributed by atoms with Gasteiger partial charge >= 0.3 is 0 Å². The van der Waals surface area contributed by atoms with Gasteiger partial charge in [0, 0.05) is 35.7 Å². The van der Waals surface area contributed by atoms with Gasteiger partial charge in [-0.05, 0) is 43.3 Å². The van der Waals surface area contributed by atoms with E-state index in [1.54, 1.807) is 0 Å². The van der Waals surface area contributed by atoms with Crippen LogP contribution in [0.25, 0.3) is 0 Å². The molecule has 1 aromatic heterocycles. The van der Waals surface area contributed by atoms with Crippen LogP contribution in [0.4, 0.5) is 5.69 Å². The lowest BCUT2D eigenvalue weighted by molar-refractivity contribution is 0.396. The third kappa shape index (κ3) is 3.05. The Morgan fingerprint density at radius 3 is 2.85 bits per heavy atom. The first-order valence-corrected chi connectivity index (χ1v) is 8.12. The number of hydrogen-bond acceptors (Lipinski definition) is 3. The van der Waals surface area contributed by atoms with Gasteiger partial charge in [0.25, 0.3) is 0 Å². The smallest absolute Gasteiger partial charge is 0.0412 e. The molecule has 3 rings (SSSR count). The molecule has 0 saturated heterocycles. The van der Waals surface area contributed by atoms with E-state index in [2.05, 4.69) is 65.8 Å². The highest BCUT2D eigenvalue weighted by molar-refractivity contribution is 7.09. The number of para-hydroxylation sites is 1. The van der Waals surface area contributed by atoms with Crippen molar-refractivity contribution in [2.24, 2.45) is 0 Å². The summed E-state index contributed by atoms with van der Waals surface area (Å²) in [5.41, 5.74) is 2.94. The van der Waals surface area contributed by atoms with Gasteiger partial charge in [0.2, 0.25) is 0 Å². The van der Waals surface area contributed by atoms with Gasteiger partial charge in [0.15, 0.2) is 0 Å². The summed E-state index contributed by atoms with van der Waals surface area (Å²) in [6.07, 6.45) is 1.13. The van der Waals surface area contributed by atoms with Gasteiger partial charge in [-0.1, -0.05) is 24.3 Å². The van der Waals surface area contributed by atoms with Crippen molar-refractivity contribution in [3.63, 3.8) is 0 Å².